The van der Waals surface area contributed by atoms with Crippen LogP contribution in [0.15, 0.2) is 24.3 Å². The molecule has 26 heavy (non-hydrogen) atoms. The Balaban J connectivity index is 2.72. The molecule has 1 aromatic carbocycles. The quantitative estimate of drug-likeness (QED) is 0.375. The maximum absolute atomic E-state index is 11.0. The number of rotatable bonds is 14. The standard InChI is InChI=1S/C21H34O5/c1-5-6-7-8-9-10-19(21(24-2,25-3)26-4)16-13-17-11-14-18(15-12-17)20(22)23/h11-12,14-15,19H,5-10,13,16H2,1-4H3,(H,22,23). The highest BCUT2D eigenvalue weighted by Gasteiger charge is 2.39. The highest BCUT2D eigenvalue weighted by molar-refractivity contribution is 5.87. The number of carboxylic acids is 1. The Labute approximate surface area is 157 Å². The van der Waals surface area contributed by atoms with E-state index in [1.54, 1.807) is 33.5 Å². The molecule has 0 aromatic heterocycles. The molecule has 0 radical (unpaired) electrons. The SMILES string of the molecule is CCCCCCCC(CCc1ccc(C(=O)O)cc1)C(OC)(OC)OC. The first-order valence-corrected chi connectivity index (χ1v) is 9.50. The van der Waals surface area contributed by atoms with Gasteiger partial charge in [-0.15, -0.1) is 0 Å². The number of aromatic carboxylic acids is 1. The van der Waals surface area contributed by atoms with Gasteiger partial charge in [-0.1, -0.05) is 51.2 Å². The molecular weight excluding hydrogens is 332 g/mol. The summed E-state index contributed by atoms with van der Waals surface area (Å²) in [4.78, 5) is 11.0. The minimum Gasteiger partial charge on any atom is -0.478 e. The number of benzene rings is 1. The third-order valence-electron chi connectivity index (χ3n) is 4.99. The van der Waals surface area contributed by atoms with Crippen LogP contribution in [0.1, 0.15) is 67.8 Å². The largest absolute Gasteiger partial charge is 0.478 e. The van der Waals surface area contributed by atoms with E-state index in [0.717, 1.165) is 31.2 Å². The van der Waals surface area contributed by atoms with Crippen LogP contribution in [0, 0.1) is 5.92 Å². The summed E-state index contributed by atoms with van der Waals surface area (Å²) in [6, 6.07) is 7.03. The van der Waals surface area contributed by atoms with Crippen molar-refractivity contribution in [3.05, 3.63) is 35.4 Å². The summed E-state index contributed by atoms with van der Waals surface area (Å²) in [7, 11) is 4.83. The summed E-state index contributed by atoms with van der Waals surface area (Å²) < 4.78 is 16.8. The zero-order valence-electron chi connectivity index (χ0n) is 16.6. The molecule has 1 rings (SSSR count). The Bertz CT molecular complexity index is 499. The summed E-state index contributed by atoms with van der Waals surface area (Å²) in [6.45, 7) is 2.21. The lowest BCUT2D eigenvalue weighted by Gasteiger charge is -2.36. The van der Waals surface area contributed by atoms with Gasteiger partial charge in [0.1, 0.15) is 0 Å². The number of hydrogen-bond acceptors (Lipinski definition) is 4. The Morgan fingerprint density at radius 2 is 1.54 bits per heavy atom. The second kappa shape index (κ2) is 12.0. The van der Waals surface area contributed by atoms with Gasteiger partial charge in [0.15, 0.2) is 0 Å². The topological polar surface area (TPSA) is 65.0 Å². The number of unbranched alkanes of at least 4 members (excludes halogenated alkanes) is 4. The zero-order valence-corrected chi connectivity index (χ0v) is 16.6. The normalized spacial score (nSPS) is 12.9. The fraction of sp³-hybridized carbons (Fsp3) is 0.667. The van der Waals surface area contributed by atoms with Crippen molar-refractivity contribution in [3.8, 4) is 0 Å². The number of methoxy groups -OCH3 is 3. The van der Waals surface area contributed by atoms with E-state index in [2.05, 4.69) is 6.92 Å². The average molecular weight is 366 g/mol. The van der Waals surface area contributed by atoms with Crippen molar-refractivity contribution in [1.82, 2.24) is 0 Å². The molecule has 0 heterocycles. The van der Waals surface area contributed by atoms with E-state index in [-0.39, 0.29) is 5.92 Å². The smallest absolute Gasteiger partial charge is 0.335 e. The van der Waals surface area contributed by atoms with E-state index < -0.39 is 11.9 Å². The van der Waals surface area contributed by atoms with Crippen LogP contribution < -0.4 is 0 Å². The van der Waals surface area contributed by atoms with Gasteiger partial charge in [-0.3, -0.25) is 0 Å². The van der Waals surface area contributed by atoms with Crippen molar-refractivity contribution in [2.24, 2.45) is 5.92 Å². The van der Waals surface area contributed by atoms with E-state index in [4.69, 9.17) is 19.3 Å². The van der Waals surface area contributed by atoms with E-state index in [1.807, 2.05) is 12.1 Å². The first-order chi connectivity index (χ1) is 12.5. The summed E-state index contributed by atoms with van der Waals surface area (Å²) in [5.74, 6) is -1.84. The van der Waals surface area contributed by atoms with Crippen molar-refractivity contribution in [2.75, 3.05) is 21.3 Å². The Morgan fingerprint density at radius 1 is 0.962 bits per heavy atom. The molecule has 0 bridgehead atoms. The van der Waals surface area contributed by atoms with Crippen LogP contribution in [0.2, 0.25) is 0 Å². The molecule has 0 saturated heterocycles. The third-order valence-corrected chi connectivity index (χ3v) is 4.99. The van der Waals surface area contributed by atoms with Crippen LogP contribution >= 0.6 is 0 Å². The monoisotopic (exact) mass is 366 g/mol. The molecule has 0 aliphatic heterocycles. The van der Waals surface area contributed by atoms with Crippen LogP contribution in [-0.4, -0.2) is 38.4 Å². The Hall–Kier alpha value is -1.43. The molecular formula is C21H34O5. The van der Waals surface area contributed by atoms with Crippen molar-refractivity contribution < 1.29 is 24.1 Å². The summed E-state index contributed by atoms with van der Waals surface area (Å²) in [6.07, 6.45) is 8.68. The fourth-order valence-corrected chi connectivity index (χ4v) is 3.40. The predicted molar refractivity (Wildman–Crippen MR) is 102 cm³/mol. The molecule has 1 aromatic rings. The summed E-state index contributed by atoms with van der Waals surface area (Å²) >= 11 is 0. The minimum atomic E-state index is -1.04. The van der Waals surface area contributed by atoms with E-state index in [1.165, 1.54) is 25.7 Å². The second-order valence-corrected chi connectivity index (χ2v) is 6.66. The van der Waals surface area contributed by atoms with Crippen molar-refractivity contribution >= 4 is 5.97 Å². The fourth-order valence-electron chi connectivity index (χ4n) is 3.40. The van der Waals surface area contributed by atoms with Gasteiger partial charge in [0.25, 0.3) is 5.97 Å². The molecule has 1 unspecified atom stereocenters. The lowest BCUT2D eigenvalue weighted by molar-refractivity contribution is -0.380. The van der Waals surface area contributed by atoms with E-state index in [0.29, 0.717) is 5.56 Å². The van der Waals surface area contributed by atoms with Crippen LogP contribution in [0.3, 0.4) is 0 Å². The molecule has 0 saturated carbocycles. The molecule has 0 spiro atoms. The Kier molecular flexibility index (Phi) is 10.5. The number of carboxylic acid groups (broad SMARTS) is 1. The highest BCUT2D eigenvalue weighted by atomic mass is 16.9. The van der Waals surface area contributed by atoms with Gasteiger partial charge in [-0.2, -0.15) is 0 Å². The Morgan fingerprint density at radius 3 is 2.04 bits per heavy atom. The number of carbonyl (C=O) groups is 1. The zero-order chi connectivity index (χ0) is 19.4. The molecule has 0 aliphatic rings. The number of aryl methyl sites for hydroxylation is 1. The molecule has 0 amide bonds. The molecule has 1 atom stereocenters. The van der Waals surface area contributed by atoms with Gasteiger partial charge in [-0.25, -0.2) is 4.79 Å². The minimum absolute atomic E-state index is 0.100. The highest BCUT2D eigenvalue weighted by Crippen LogP contribution is 2.32. The average Bonchev–Trinajstić information content (AvgIpc) is 2.67. The maximum atomic E-state index is 11.0. The molecule has 0 aliphatic carbocycles. The van der Waals surface area contributed by atoms with Gasteiger partial charge in [0, 0.05) is 27.2 Å². The lowest BCUT2D eigenvalue weighted by Crippen LogP contribution is -2.44. The van der Waals surface area contributed by atoms with E-state index >= 15 is 0 Å². The number of ether oxygens (including phenoxy) is 3. The summed E-state index contributed by atoms with van der Waals surface area (Å²) in [5.41, 5.74) is 1.41. The van der Waals surface area contributed by atoms with Crippen molar-refractivity contribution in [1.29, 1.82) is 0 Å². The van der Waals surface area contributed by atoms with Crippen LogP contribution in [0.5, 0.6) is 0 Å². The van der Waals surface area contributed by atoms with Crippen LogP contribution in [0.4, 0.5) is 0 Å². The molecule has 5 nitrogen and oxygen atoms in total. The van der Waals surface area contributed by atoms with Gasteiger partial charge in [0.2, 0.25) is 0 Å². The van der Waals surface area contributed by atoms with Gasteiger partial charge in [-0.05, 0) is 37.0 Å². The van der Waals surface area contributed by atoms with Gasteiger partial charge in [0.05, 0.1) is 5.56 Å². The van der Waals surface area contributed by atoms with Crippen molar-refractivity contribution in [2.45, 2.75) is 64.3 Å². The second-order valence-electron chi connectivity index (χ2n) is 6.66. The third kappa shape index (κ3) is 6.71. The molecule has 0 fully saturated rings. The maximum Gasteiger partial charge on any atom is 0.335 e. The lowest BCUT2D eigenvalue weighted by atomic mass is 9.91. The molecule has 148 valence electrons. The first kappa shape index (κ1) is 22.6. The van der Waals surface area contributed by atoms with Crippen LogP contribution in [-0.2, 0) is 20.6 Å². The van der Waals surface area contributed by atoms with Crippen LogP contribution in [0.25, 0.3) is 0 Å². The first-order valence-electron chi connectivity index (χ1n) is 9.50. The van der Waals surface area contributed by atoms with Gasteiger partial charge < -0.3 is 19.3 Å². The van der Waals surface area contributed by atoms with Crippen molar-refractivity contribution in [3.63, 3.8) is 0 Å². The molecule has 5 heteroatoms. The number of hydrogen-bond donors (Lipinski definition) is 1. The van der Waals surface area contributed by atoms with E-state index in [9.17, 15) is 4.79 Å². The van der Waals surface area contributed by atoms with Gasteiger partial charge >= 0.3 is 5.97 Å². The summed E-state index contributed by atoms with van der Waals surface area (Å²) in [5, 5.41) is 9.01. The molecule has 1 N–H and O–H groups in total. The predicted octanol–water partition coefficient (Wildman–Crippen LogP) is 4.89.